The van der Waals surface area contributed by atoms with E-state index in [1.54, 1.807) is 0 Å². The van der Waals surface area contributed by atoms with Gasteiger partial charge in [0.1, 0.15) is 0 Å². The number of amides is 1. The maximum Gasteiger partial charge on any atom is 0.303 e. The number of nitrogens with zero attached hydrogens (tertiary/aromatic N) is 1. The molecule has 1 amide bonds. The topological polar surface area (TPSA) is 92.9 Å². The van der Waals surface area contributed by atoms with Gasteiger partial charge in [-0.1, -0.05) is 0 Å². The molecule has 3 N–H and O–H groups in total. The van der Waals surface area contributed by atoms with Gasteiger partial charge in [0.2, 0.25) is 5.91 Å². The highest BCUT2D eigenvalue weighted by Gasteiger charge is 2.52. The van der Waals surface area contributed by atoms with Gasteiger partial charge in [0.05, 0.1) is 18.6 Å². The molecule has 3 saturated heterocycles. The van der Waals surface area contributed by atoms with Crippen LogP contribution in [0.5, 0.6) is 0 Å². The SMILES string of the molecule is CC1(C(=O)N2C3CCC2CC(CC(=O)O)C3)COCC1N. The van der Waals surface area contributed by atoms with Crippen molar-refractivity contribution < 1.29 is 19.4 Å². The Bertz CT molecular complexity index is 441. The van der Waals surface area contributed by atoms with E-state index in [-0.39, 0.29) is 36.4 Å². The van der Waals surface area contributed by atoms with Gasteiger partial charge in [-0.3, -0.25) is 9.59 Å². The summed E-state index contributed by atoms with van der Waals surface area (Å²) in [5.41, 5.74) is 5.45. The summed E-state index contributed by atoms with van der Waals surface area (Å²) >= 11 is 0. The fourth-order valence-corrected chi connectivity index (χ4v) is 4.24. The minimum atomic E-state index is -0.739. The van der Waals surface area contributed by atoms with Gasteiger partial charge < -0.3 is 20.5 Å². The van der Waals surface area contributed by atoms with Gasteiger partial charge in [0, 0.05) is 24.5 Å². The van der Waals surface area contributed by atoms with E-state index < -0.39 is 11.4 Å². The van der Waals surface area contributed by atoms with Crippen molar-refractivity contribution in [1.29, 1.82) is 0 Å². The van der Waals surface area contributed by atoms with E-state index in [0.29, 0.717) is 13.2 Å². The highest BCUT2D eigenvalue weighted by atomic mass is 16.5. The Morgan fingerprint density at radius 3 is 2.43 bits per heavy atom. The van der Waals surface area contributed by atoms with Crippen LogP contribution in [0.2, 0.25) is 0 Å². The molecular weight excluding hydrogens is 272 g/mol. The van der Waals surface area contributed by atoms with Crippen LogP contribution in [0.3, 0.4) is 0 Å². The number of ether oxygens (including phenoxy) is 1. The van der Waals surface area contributed by atoms with Crippen molar-refractivity contribution in [2.24, 2.45) is 17.1 Å². The van der Waals surface area contributed by atoms with Crippen molar-refractivity contribution in [2.75, 3.05) is 13.2 Å². The Morgan fingerprint density at radius 2 is 1.95 bits per heavy atom. The van der Waals surface area contributed by atoms with Crippen molar-refractivity contribution in [1.82, 2.24) is 4.90 Å². The zero-order valence-electron chi connectivity index (χ0n) is 12.5. The molecule has 6 heteroatoms. The molecule has 0 aromatic carbocycles. The van der Waals surface area contributed by atoms with Gasteiger partial charge in [-0.15, -0.1) is 0 Å². The number of aliphatic carboxylic acids is 1. The van der Waals surface area contributed by atoms with Gasteiger partial charge in [0.15, 0.2) is 0 Å². The van der Waals surface area contributed by atoms with E-state index in [0.717, 1.165) is 25.7 Å². The summed E-state index contributed by atoms with van der Waals surface area (Å²) in [7, 11) is 0. The third-order valence-corrected chi connectivity index (χ3v) is 5.53. The Hall–Kier alpha value is -1.14. The lowest BCUT2D eigenvalue weighted by Gasteiger charge is -2.43. The van der Waals surface area contributed by atoms with E-state index in [1.165, 1.54) is 0 Å². The molecule has 4 atom stereocenters. The predicted molar refractivity (Wildman–Crippen MR) is 75.5 cm³/mol. The molecule has 3 rings (SSSR count). The van der Waals surface area contributed by atoms with Gasteiger partial charge in [-0.05, 0) is 38.5 Å². The molecule has 21 heavy (non-hydrogen) atoms. The minimum Gasteiger partial charge on any atom is -0.481 e. The van der Waals surface area contributed by atoms with Gasteiger partial charge >= 0.3 is 5.97 Å². The molecule has 0 aliphatic carbocycles. The summed E-state index contributed by atoms with van der Waals surface area (Å²) in [5.74, 6) is -0.434. The molecule has 3 fully saturated rings. The molecule has 3 aliphatic heterocycles. The first-order valence-electron chi connectivity index (χ1n) is 7.79. The van der Waals surface area contributed by atoms with Crippen LogP contribution in [-0.2, 0) is 14.3 Å². The van der Waals surface area contributed by atoms with E-state index in [1.807, 2.05) is 11.8 Å². The molecule has 3 aliphatic rings. The Kier molecular flexibility index (Phi) is 3.69. The second-order valence-electron chi connectivity index (χ2n) is 7.07. The Morgan fingerprint density at radius 1 is 1.33 bits per heavy atom. The maximum atomic E-state index is 13.0. The molecule has 4 unspecified atom stereocenters. The van der Waals surface area contributed by atoms with E-state index in [9.17, 15) is 9.59 Å². The summed E-state index contributed by atoms with van der Waals surface area (Å²) in [6.45, 7) is 2.73. The van der Waals surface area contributed by atoms with Crippen molar-refractivity contribution in [3.05, 3.63) is 0 Å². The molecular formula is C15H24N2O4. The first-order valence-corrected chi connectivity index (χ1v) is 7.79. The van der Waals surface area contributed by atoms with E-state index in [4.69, 9.17) is 15.6 Å². The highest BCUT2D eigenvalue weighted by Crippen LogP contribution is 2.43. The standard InChI is InChI=1S/C15H24N2O4/c1-15(8-21-7-12(15)16)14(20)17-10-2-3-11(17)5-9(4-10)6-13(18)19/h9-12H,2-8,16H2,1H3,(H,18,19). The molecule has 0 aromatic rings. The largest absolute Gasteiger partial charge is 0.481 e. The smallest absolute Gasteiger partial charge is 0.303 e. The number of nitrogens with two attached hydrogens (primary N) is 1. The number of hydrogen-bond acceptors (Lipinski definition) is 4. The number of fused-ring (bicyclic) bond motifs is 2. The lowest BCUT2D eigenvalue weighted by Crippen LogP contribution is -2.56. The highest BCUT2D eigenvalue weighted by molar-refractivity contribution is 5.84. The van der Waals surface area contributed by atoms with Crippen LogP contribution in [0.4, 0.5) is 0 Å². The average molecular weight is 296 g/mol. The van der Waals surface area contributed by atoms with Crippen molar-refractivity contribution in [3.63, 3.8) is 0 Å². The maximum absolute atomic E-state index is 13.0. The molecule has 118 valence electrons. The number of rotatable bonds is 3. The first-order chi connectivity index (χ1) is 9.91. The lowest BCUT2D eigenvalue weighted by molar-refractivity contribution is -0.147. The molecule has 0 spiro atoms. The molecule has 0 aromatic heterocycles. The minimum absolute atomic E-state index is 0.105. The third kappa shape index (κ3) is 2.44. The molecule has 3 heterocycles. The van der Waals surface area contributed by atoms with Crippen LogP contribution >= 0.6 is 0 Å². The molecule has 0 radical (unpaired) electrons. The van der Waals surface area contributed by atoms with Crippen LogP contribution in [0, 0.1) is 11.3 Å². The Labute approximate surface area is 124 Å². The van der Waals surface area contributed by atoms with Gasteiger partial charge in [-0.25, -0.2) is 0 Å². The Balaban J connectivity index is 1.73. The lowest BCUT2D eigenvalue weighted by atomic mass is 9.81. The van der Waals surface area contributed by atoms with Gasteiger partial charge in [-0.2, -0.15) is 0 Å². The molecule has 2 bridgehead atoms. The van der Waals surface area contributed by atoms with Gasteiger partial charge in [0.25, 0.3) is 0 Å². The van der Waals surface area contributed by atoms with Crippen molar-refractivity contribution in [3.8, 4) is 0 Å². The molecule has 0 saturated carbocycles. The van der Waals surface area contributed by atoms with Crippen molar-refractivity contribution >= 4 is 11.9 Å². The quantitative estimate of drug-likeness (QED) is 0.795. The molecule has 6 nitrogen and oxygen atoms in total. The van der Waals surface area contributed by atoms with E-state index >= 15 is 0 Å². The fraction of sp³-hybridized carbons (Fsp3) is 0.867. The van der Waals surface area contributed by atoms with Crippen LogP contribution in [-0.4, -0.2) is 53.2 Å². The average Bonchev–Trinajstić information content (AvgIpc) is 2.88. The number of piperidine rings is 1. The number of carboxylic acid groups (broad SMARTS) is 1. The van der Waals surface area contributed by atoms with Crippen LogP contribution in [0.25, 0.3) is 0 Å². The van der Waals surface area contributed by atoms with Crippen LogP contribution < -0.4 is 5.73 Å². The summed E-state index contributed by atoms with van der Waals surface area (Å²) in [4.78, 5) is 25.9. The number of carbonyl (C=O) groups is 2. The third-order valence-electron chi connectivity index (χ3n) is 5.53. The van der Waals surface area contributed by atoms with Crippen LogP contribution in [0.15, 0.2) is 0 Å². The number of carboxylic acids is 1. The van der Waals surface area contributed by atoms with Crippen LogP contribution in [0.1, 0.15) is 39.0 Å². The number of hydrogen-bond donors (Lipinski definition) is 2. The predicted octanol–water partition coefficient (Wildman–Crippen LogP) is 0.595. The second kappa shape index (κ2) is 5.25. The van der Waals surface area contributed by atoms with E-state index in [2.05, 4.69) is 0 Å². The van der Waals surface area contributed by atoms with Crippen molar-refractivity contribution in [2.45, 2.75) is 57.2 Å². The first kappa shape index (κ1) is 14.8. The fourth-order valence-electron chi connectivity index (χ4n) is 4.24. The monoisotopic (exact) mass is 296 g/mol. The zero-order valence-corrected chi connectivity index (χ0v) is 12.5. The summed E-state index contributed by atoms with van der Waals surface area (Å²) in [5, 5.41) is 8.97. The second-order valence-corrected chi connectivity index (χ2v) is 7.07. The normalized spacial score (nSPS) is 42.3. The zero-order chi connectivity index (χ0) is 15.2. The summed E-state index contributed by atoms with van der Waals surface area (Å²) in [6, 6.07) is 0.122. The summed E-state index contributed by atoms with van der Waals surface area (Å²) in [6.07, 6.45) is 3.80. The summed E-state index contributed by atoms with van der Waals surface area (Å²) < 4.78 is 5.40. The number of carbonyl (C=O) groups excluding carboxylic acids is 1.